The molecule has 1 N–H and O–H groups in total. The van der Waals surface area contributed by atoms with Gasteiger partial charge in [-0.3, -0.25) is 4.79 Å². The summed E-state index contributed by atoms with van der Waals surface area (Å²) in [5.41, 5.74) is 1.98. The summed E-state index contributed by atoms with van der Waals surface area (Å²) in [6, 6.07) is 10.8. The van der Waals surface area contributed by atoms with Crippen LogP contribution in [0.25, 0.3) is 0 Å². The topological polar surface area (TPSA) is 60.0 Å². The summed E-state index contributed by atoms with van der Waals surface area (Å²) in [7, 11) is 8.40. The number of hydrogen-bond acceptors (Lipinski definition) is 5. The molecule has 6 nitrogen and oxygen atoms in total. The third-order valence-corrected chi connectivity index (χ3v) is 3.58. The summed E-state index contributed by atoms with van der Waals surface area (Å²) >= 11 is 0. The van der Waals surface area contributed by atoms with Crippen LogP contribution in [-0.4, -0.2) is 41.3 Å². The Hall–Kier alpha value is -2.89. The fourth-order valence-corrected chi connectivity index (χ4v) is 2.37. The Bertz CT molecular complexity index is 729. The van der Waals surface area contributed by atoms with Crippen molar-refractivity contribution in [3.63, 3.8) is 0 Å². The number of rotatable bonds is 6. The Morgan fingerprint density at radius 1 is 0.917 bits per heavy atom. The van der Waals surface area contributed by atoms with Crippen molar-refractivity contribution >= 4 is 17.3 Å². The number of nitrogens with zero attached hydrogens (tertiary/aromatic N) is 1. The Morgan fingerprint density at radius 2 is 1.50 bits per heavy atom. The van der Waals surface area contributed by atoms with Crippen LogP contribution in [0.4, 0.5) is 11.4 Å². The van der Waals surface area contributed by atoms with Gasteiger partial charge in [0.15, 0.2) is 11.5 Å². The van der Waals surface area contributed by atoms with Gasteiger partial charge in [-0.1, -0.05) is 12.1 Å². The number of nitrogens with one attached hydrogen (secondary N) is 1. The third kappa shape index (κ3) is 3.53. The van der Waals surface area contributed by atoms with Crippen LogP contribution < -0.4 is 24.4 Å². The van der Waals surface area contributed by atoms with E-state index in [-0.39, 0.29) is 5.91 Å². The molecule has 2 rings (SSSR count). The van der Waals surface area contributed by atoms with Crippen LogP contribution >= 0.6 is 0 Å². The lowest BCUT2D eigenvalue weighted by molar-refractivity contribution is 0.102. The molecule has 0 heterocycles. The van der Waals surface area contributed by atoms with Gasteiger partial charge in [-0.2, -0.15) is 0 Å². The molecule has 0 fully saturated rings. The largest absolute Gasteiger partial charge is 0.496 e. The number of carbonyl (C=O) groups excluding carboxylic acids is 1. The molecule has 0 aliphatic heterocycles. The van der Waals surface area contributed by atoms with Gasteiger partial charge in [0.2, 0.25) is 0 Å². The van der Waals surface area contributed by atoms with Crippen molar-refractivity contribution in [2.75, 3.05) is 45.6 Å². The van der Waals surface area contributed by atoms with E-state index in [1.165, 1.54) is 21.3 Å². The maximum atomic E-state index is 12.7. The molecule has 0 aliphatic rings. The highest BCUT2D eigenvalue weighted by Crippen LogP contribution is 2.35. The van der Waals surface area contributed by atoms with Crippen molar-refractivity contribution in [1.82, 2.24) is 0 Å². The van der Waals surface area contributed by atoms with E-state index in [1.807, 2.05) is 43.3 Å². The number of methoxy groups -OCH3 is 3. The first kappa shape index (κ1) is 17.5. The van der Waals surface area contributed by atoms with Crippen LogP contribution in [0, 0.1) is 0 Å². The fraction of sp³-hybridized carbons (Fsp3) is 0.278. The van der Waals surface area contributed by atoms with Gasteiger partial charge in [-0.05, 0) is 12.1 Å². The lowest BCUT2D eigenvalue weighted by Gasteiger charge is -2.18. The average Bonchev–Trinajstić information content (AvgIpc) is 2.60. The Morgan fingerprint density at radius 3 is 2.08 bits per heavy atom. The minimum atomic E-state index is -0.290. The van der Waals surface area contributed by atoms with Crippen LogP contribution in [0.1, 0.15) is 10.4 Å². The highest BCUT2D eigenvalue weighted by Gasteiger charge is 2.19. The lowest BCUT2D eigenvalue weighted by Crippen LogP contribution is -2.17. The van der Waals surface area contributed by atoms with Crippen molar-refractivity contribution in [3.05, 3.63) is 42.0 Å². The summed E-state index contributed by atoms with van der Waals surface area (Å²) < 4.78 is 15.8. The van der Waals surface area contributed by atoms with E-state index < -0.39 is 0 Å². The molecule has 128 valence electrons. The zero-order valence-corrected chi connectivity index (χ0v) is 14.5. The summed E-state index contributed by atoms with van der Waals surface area (Å²) in [5.74, 6) is 1.08. The van der Waals surface area contributed by atoms with Gasteiger partial charge in [-0.15, -0.1) is 0 Å². The van der Waals surface area contributed by atoms with Crippen molar-refractivity contribution in [2.24, 2.45) is 0 Å². The van der Waals surface area contributed by atoms with Crippen LogP contribution in [0.3, 0.4) is 0 Å². The van der Waals surface area contributed by atoms with Crippen LogP contribution in [0.5, 0.6) is 17.2 Å². The molecule has 0 aliphatic carbocycles. The van der Waals surface area contributed by atoms with E-state index in [0.29, 0.717) is 28.5 Å². The highest BCUT2D eigenvalue weighted by atomic mass is 16.5. The molecule has 24 heavy (non-hydrogen) atoms. The van der Waals surface area contributed by atoms with Crippen LogP contribution in [-0.2, 0) is 0 Å². The second-order valence-electron chi connectivity index (χ2n) is 5.27. The van der Waals surface area contributed by atoms with Crippen molar-refractivity contribution in [3.8, 4) is 17.2 Å². The molecular formula is C18H22N2O4. The SMILES string of the molecule is COc1cc(OC)c(C(=O)Nc2ccccc2N(C)C)cc1OC. The quantitative estimate of drug-likeness (QED) is 0.882. The molecule has 2 aromatic carbocycles. The van der Waals surface area contributed by atoms with Gasteiger partial charge in [-0.25, -0.2) is 0 Å². The molecule has 0 bridgehead atoms. The van der Waals surface area contributed by atoms with Crippen molar-refractivity contribution in [2.45, 2.75) is 0 Å². The van der Waals surface area contributed by atoms with E-state index in [4.69, 9.17) is 14.2 Å². The third-order valence-electron chi connectivity index (χ3n) is 3.58. The first-order valence-corrected chi connectivity index (χ1v) is 7.39. The number of carbonyl (C=O) groups is 1. The average molecular weight is 330 g/mol. The molecule has 0 saturated carbocycles. The van der Waals surface area contributed by atoms with Gasteiger partial charge < -0.3 is 24.4 Å². The first-order valence-electron chi connectivity index (χ1n) is 7.39. The maximum Gasteiger partial charge on any atom is 0.259 e. The van der Waals surface area contributed by atoms with Crippen molar-refractivity contribution in [1.29, 1.82) is 0 Å². The molecule has 2 aromatic rings. The zero-order chi connectivity index (χ0) is 17.7. The van der Waals surface area contributed by atoms with Gasteiger partial charge >= 0.3 is 0 Å². The van der Waals surface area contributed by atoms with Gasteiger partial charge in [0.05, 0.1) is 38.3 Å². The van der Waals surface area contributed by atoms with E-state index in [9.17, 15) is 4.79 Å². The predicted octanol–water partition coefficient (Wildman–Crippen LogP) is 3.03. The Labute approximate surface area is 141 Å². The Kier molecular flexibility index (Phi) is 5.52. The maximum absolute atomic E-state index is 12.7. The van der Waals surface area contributed by atoms with Crippen LogP contribution in [0.15, 0.2) is 36.4 Å². The molecular weight excluding hydrogens is 308 g/mol. The fourth-order valence-electron chi connectivity index (χ4n) is 2.37. The van der Waals surface area contributed by atoms with Gasteiger partial charge in [0.1, 0.15) is 5.75 Å². The number of amides is 1. The smallest absolute Gasteiger partial charge is 0.259 e. The first-order chi connectivity index (χ1) is 11.5. The van der Waals surface area contributed by atoms with Gasteiger partial charge in [0.25, 0.3) is 5.91 Å². The monoisotopic (exact) mass is 330 g/mol. The van der Waals surface area contributed by atoms with E-state index >= 15 is 0 Å². The summed E-state index contributed by atoms with van der Waals surface area (Å²) in [5, 5.41) is 2.91. The molecule has 0 unspecified atom stereocenters. The summed E-state index contributed by atoms with van der Waals surface area (Å²) in [4.78, 5) is 14.7. The number of hydrogen-bond donors (Lipinski definition) is 1. The molecule has 0 atom stereocenters. The van der Waals surface area contributed by atoms with Gasteiger partial charge in [0, 0.05) is 26.2 Å². The lowest BCUT2D eigenvalue weighted by atomic mass is 10.1. The van der Waals surface area contributed by atoms with Crippen LogP contribution in [0.2, 0.25) is 0 Å². The minimum absolute atomic E-state index is 0.290. The van der Waals surface area contributed by atoms with E-state index in [1.54, 1.807) is 12.1 Å². The number of ether oxygens (including phenoxy) is 3. The molecule has 1 amide bonds. The molecule has 0 spiro atoms. The molecule has 0 saturated heterocycles. The number of anilines is 2. The highest BCUT2D eigenvalue weighted by molar-refractivity contribution is 6.08. The predicted molar refractivity (Wildman–Crippen MR) is 94.8 cm³/mol. The minimum Gasteiger partial charge on any atom is -0.496 e. The summed E-state index contributed by atoms with van der Waals surface area (Å²) in [6.45, 7) is 0. The standard InChI is InChI=1S/C18H22N2O4/c1-20(2)14-9-7-6-8-13(14)19-18(21)12-10-16(23-4)17(24-5)11-15(12)22-3/h6-11H,1-5H3,(H,19,21). The van der Waals surface area contributed by atoms with Crippen molar-refractivity contribution < 1.29 is 19.0 Å². The van der Waals surface area contributed by atoms with E-state index in [0.717, 1.165) is 5.69 Å². The number of benzene rings is 2. The second kappa shape index (κ2) is 7.59. The zero-order valence-electron chi connectivity index (χ0n) is 14.5. The molecule has 6 heteroatoms. The molecule has 0 aromatic heterocycles. The second-order valence-corrected chi connectivity index (χ2v) is 5.27. The normalized spacial score (nSPS) is 10.0. The molecule has 0 radical (unpaired) electrons. The summed E-state index contributed by atoms with van der Waals surface area (Å²) in [6.07, 6.45) is 0. The van der Waals surface area contributed by atoms with E-state index in [2.05, 4.69) is 5.32 Å². The number of para-hydroxylation sites is 2. The Balaban J connectivity index is 2.40.